The van der Waals surface area contributed by atoms with Gasteiger partial charge >= 0.3 is 23.1 Å². The van der Waals surface area contributed by atoms with Crippen molar-refractivity contribution in [2.45, 2.75) is 13.2 Å². The first-order valence-electron chi connectivity index (χ1n) is 2.87. The van der Waals surface area contributed by atoms with Gasteiger partial charge in [-0.2, -0.15) is 0 Å². The second-order valence-electron chi connectivity index (χ2n) is 2.09. The molecule has 1 unspecified atom stereocenters. The number of hydrogen-bond donors (Lipinski definition) is 0. The SMILES string of the molecule is [Br-].[CH2-]C(C)C1OCCO1.[Mg+2]. The first kappa shape index (κ1) is 13.7. The minimum atomic E-state index is -0.0463. The van der Waals surface area contributed by atoms with Crippen molar-refractivity contribution in [3.8, 4) is 0 Å². The normalized spacial score (nSPS) is 21.0. The van der Waals surface area contributed by atoms with Crippen LogP contribution in [0.4, 0.5) is 0 Å². The van der Waals surface area contributed by atoms with Crippen LogP contribution in [0.5, 0.6) is 0 Å². The molecule has 0 aromatic carbocycles. The van der Waals surface area contributed by atoms with E-state index in [2.05, 4.69) is 6.92 Å². The van der Waals surface area contributed by atoms with Crippen molar-refractivity contribution >= 4 is 23.1 Å². The van der Waals surface area contributed by atoms with Crippen molar-refractivity contribution in [3.63, 3.8) is 0 Å². The summed E-state index contributed by atoms with van der Waals surface area (Å²) in [6, 6.07) is 0. The Bertz CT molecular complexity index is 74.1. The molecule has 2 nitrogen and oxygen atoms in total. The largest absolute Gasteiger partial charge is 2.00 e. The molecule has 1 atom stereocenters. The molecule has 0 bridgehead atoms. The molecule has 0 aromatic heterocycles. The summed E-state index contributed by atoms with van der Waals surface area (Å²) in [7, 11) is 0. The molecule has 1 saturated heterocycles. The molecule has 1 aliphatic heterocycles. The Morgan fingerprint density at radius 3 is 2.00 bits per heavy atom. The average molecular weight is 219 g/mol. The van der Waals surface area contributed by atoms with E-state index in [0.29, 0.717) is 0 Å². The molecule has 0 N–H and O–H groups in total. The van der Waals surface area contributed by atoms with Crippen LogP contribution >= 0.6 is 0 Å². The maximum absolute atomic E-state index is 5.13. The Hall–Kier alpha value is 1.17. The van der Waals surface area contributed by atoms with E-state index in [0.717, 1.165) is 13.2 Å². The number of hydrogen-bond acceptors (Lipinski definition) is 2. The third-order valence-electron chi connectivity index (χ3n) is 1.11. The second kappa shape index (κ2) is 6.85. The van der Waals surface area contributed by atoms with Crippen LogP contribution in [0.25, 0.3) is 0 Å². The van der Waals surface area contributed by atoms with Gasteiger partial charge in [0, 0.05) is 0 Å². The Labute approximate surface area is 88.6 Å². The monoisotopic (exact) mass is 218 g/mol. The molecule has 56 valence electrons. The first-order valence-corrected chi connectivity index (χ1v) is 2.87. The second-order valence-corrected chi connectivity index (χ2v) is 2.09. The molecule has 4 heteroatoms. The predicted octanol–water partition coefficient (Wildman–Crippen LogP) is -2.55. The third-order valence-corrected chi connectivity index (χ3v) is 1.11. The predicted molar refractivity (Wildman–Crippen MR) is 36.0 cm³/mol. The van der Waals surface area contributed by atoms with E-state index < -0.39 is 0 Å². The zero-order chi connectivity index (χ0) is 5.98. The van der Waals surface area contributed by atoms with Gasteiger partial charge in [-0.1, -0.05) is 6.92 Å². The van der Waals surface area contributed by atoms with E-state index in [1.54, 1.807) is 0 Å². The van der Waals surface area contributed by atoms with Crippen molar-refractivity contribution in [1.29, 1.82) is 0 Å². The zero-order valence-corrected chi connectivity index (χ0v) is 9.18. The van der Waals surface area contributed by atoms with E-state index in [-0.39, 0.29) is 52.2 Å². The quantitative estimate of drug-likeness (QED) is 0.357. The van der Waals surface area contributed by atoms with Crippen LogP contribution in [0.2, 0.25) is 0 Å². The summed E-state index contributed by atoms with van der Waals surface area (Å²) in [6.45, 7) is 7.21. The first-order chi connectivity index (χ1) is 3.80. The van der Waals surface area contributed by atoms with Gasteiger partial charge < -0.3 is 33.4 Å². The van der Waals surface area contributed by atoms with Crippen molar-refractivity contribution in [1.82, 2.24) is 0 Å². The fraction of sp³-hybridized carbons (Fsp3) is 0.833. The van der Waals surface area contributed by atoms with Crippen molar-refractivity contribution < 1.29 is 26.5 Å². The third kappa shape index (κ3) is 4.13. The standard InChI is InChI=1S/C6H11O2.BrH.Mg/c1-5(2)6-7-3-4-8-6;;/h5-6H,1,3-4H2,2H3;1H;/q-1;;+2/p-1. The number of ether oxygens (including phenoxy) is 2. The summed E-state index contributed by atoms with van der Waals surface area (Å²) < 4.78 is 10.3. The zero-order valence-electron chi connectivity index (χ0n) is 6.18. The van der Waals surface area contributed by atoms with Gasteiger partial charge in [0.1, 0.15) is 6.29 Å². The summed E-state index contributed by atoms with van der Waals surface area (Å²) in [4.78, 5) is 0. The average Bonchev–Trinajstić information content (AvgIpc) is 2.12. The molecule has 1 rings (SSSR count). The summed E-state index contributed by atoms with van der Waals surface area (Å²) in [5, 5.41) is 0. The Morgan fingerprint density at radius 2 is 1.80 bits per heavy atom. The van der Waals surface area contributed by atoms with E-state index in [1.165, 1.54) is 0 Å². The summed E-state index contributed by atoms with van der Waals surface area (Å²) in [5.41, 5.74) is 0. The molecule has 10 heavy (non-hydrogen) atoms. The summed E-state index contributed by atoms with van der Waals surface area (Å²) in [5.74, 6) is 0.248. The molecule has 0 aliphatic carbocycles. The molecule has 1 aliphatic rings. The van der Waals surface area contributed by atoms with Gasteiger partial charge in [0.2, 0.25) is 0 Å². The van der Waals surface area contributed by atoms with Gasteiger partial charge in [-0.3, -0.25) is 0 Å². The van der Waals surface area contributed by atoms with Crippen molar-refractivity contribution in [3.05, 3.63) is 6.92 Å². The van der Waals surface area contributed by atoms with Gasteiger partial charge in [0.15, 0.2) is 0 Å². The van der Waals surface area contributed by atoms with Crippen LogP contribution < -0.4 is 17.0 Å². The minimum Gasteiger partial charge on any atom is -1.00 e. The maximum Gasteiger partial charge on any atom is 2.00 e. The fourth-order valence-corrected chi connectivity index (χ4v) is 0.705. The Balaban J connectivity index is 0. The van der Waals surface area contributed by atoms with Crippen LogP contribution in [0, 0.1) is 12.8 Å². The van der Waals surface area contributed by atoms with Gasteiger partial charge in [-0.05, 0) is 0 Å². The topological polar surface area (TPSA) is 18.5 Å². The molecular formula is C6H11BrMgO2. The van der Waals surface area contributed by atoms with E-state index in [4.69, 9.17) is 9.47 Å². The van der Waals surface area contributed by atoms with Crippen LogP contribution in [-0.4, -0.2) is 42.6 Å². The van der Waals surface area contributed by atoms with Gasteiger partial charge in [-0.15, -0.1) is 5.92 Å². The van der Waals surface area contributed by atoms with Gasteiger partial charge in [0.05, 0.1) is 13.2 Å². The summed E-state index contributed by atoms with van der Waals surface area (Å²) >= 11 is 0. The molecular weight excluding hydrogens is 208 g/mol. The van der Waals surface area contributed by atoms with Crippen LogP contribution in [0.15, 0.2) is 0 Å². The molecule has 0 radical (unpaired) electrons. The Morgan fingerprint density at radius 1 is 1.40 bits per heavy atom. The van der Waals surface area contributed by atoms with E-state index in [9.17, 15) is 0 Å². The van der Waals surface area contributed by atoms with Crippen LogP contribution in [0.1, 0.15) is 6.92 Å². The van der Waals surface area contributed by atoms with Crippen LogP contribution in [-0.2, 0) is 9.47 Å². The minimum absolute atomic E-state index is 0. The summed E-state index contributed by atoms with van der Waals surface area (Å²) in [6.07, 6.45) is -0.0463. The van der Waals surface area contributed by atoms with E-state index in [1.807, 2.05) is 6.92 Å². The van der Waals surface area contributed by atoms with Crippen molar-refractivity contribution in [2.75, 3.05) is 13.2 Å². The molecule has 0 saturated carbocycles. The number of halogens is 1. The van der Waals surface area contributed by atoms with Gasteiger partial charge in [0.25, 0.3) is 0 Å². The number of rotatable bonds is 1. The van der Waals surface area contributed by atoms with Crippen LogP contribution in [0.3, 0.4) is 0 Å². The molecule has 0 amide bonds. The van der Waals surface area contributed by atoms with Crippen molar-refractivity contribution in [2.24, 2.45) is 5.92 Å². The smallest absolute Gasteiger partial charge is 1.00 e. The molecule has 1 fully saturated rings. The van der Waals surface area contributed by atoms with Gasteiger partial charge in [-0.25, -0.2) is 0 Å². The Kier molecular flexibility index (Phi) is 9.41. The molecule has 0 aromatic rings. The van der Waals surface area contributed by atoms with E-state index >= 15 is 0 Å². The molecule has 1 heterocycles. The molecule has 0 spiro atoms. The fourth-order valence-electron chi connectivity index (χ4n) is 0.705. The maximum atomic E-state index is 5.13.